The average molecular weight is 483 g/mol. The lowest BCUT2D eigenvalue weighted by Gasteiger charge is -2.15. The maximum absolute atomic E-state index is 13.0. The Hall–Kier alpha value is -3.95. The number of halogens is 2. The van der Waals surface area contributed by atoms with Gasteiger partial charge in [-0.05, 0) is 30.3 Å². The second-order valence-electron chi connectivity index (χ2n) is 6.80. The summed E-state index contributed by atoms with van der Waals surface area (Å²) in [6.07, 6.45) is 1.53. The van der Waals surface area contributed by atoms with Crippen molar-refractivity contribution in [2.75, 3.05) is 18.2 Å². The van der Waals surface area contributed by atoms with Gasteiger partial charge in [-0.3, -0.25) is 9.59 Å². The highest BCUT2D eigenvalue weighted by Gasteiger charge is 2.25. The SMILES string of the molecule is COc1cc(C(=O)Nc2ccccn2)c(Cl)c(-c2nc(N)c3cccc(C(N)=O)c3n2)c1Cl. The smallest absolute Gasteiger partial charge is 0.258 e. The molecule has 5 N–H and O–H groups in total. The number of nitrogens with one attached hydrogen (secondary N) is 1. The molecule has 9 nitrogen and oxygen atoms in total. The molecule has 4 aromatic rings. The van der Waals surface area contributed by atoms with E-state index in [1.807, 2.05) is 0 Å². The second kappa shape index (κ2) is 8.89. The monoisotopic (exact) mass is 482 g/mol. The number of hydrogen-bond acceptors (Lipinski definition) is 7. The third-order valence-corrected chi connectivity index (χ3v) is 5.55. The van der Waals surface area contributed by atoms with E-state index in [0.717, 1.165) is 0 Å². The summed E-state index contributed by atoms with van der Waals surface area (Å²) in [5, 5.41) is 3.11. The number of primary amides is 1. The van der Waals surface area contributed by atoms with Crippen molar-refractivity contribution in [3.05, 3.63) is 69.8 Å². The van der Waals surface area contributed by atoms with E-state index in [4.69, 9.17) is 39.4 Å². The molecule has 0 bridgehead atoms. The fourth-order valence-corrected chi connectivity index (χ4v) is 3.91. The Balaban J connectivity index is 1.93. The minimum atomic E-state index is -0.692. The number of anilines is 2. The lowest BCUT2D eigenvalue weighted by Crippen LogP contribution is -2.15. The third kappa shape index (κ3) is 4.11. The number of benzene rings is 2. The number of nitrogen functional groups attached to an aromatic ring is 1. The van der Waals surface area contributed by atoms with Crippen LogP contribution in [0.5, 0.6) is 5.75 Å². The van der Waals surface area contributed by atoms with Gasteiger partial charge in [0.1, 0.15) is 17.4 Å². The van der Waals surface area contributed by atoms with Crippen LogP contribution < -0.4 is 21.5 Å². The highest BCUT2D eigenvalue weighted by atomic mass is 35.5. The first-order valence-corrected chi connectivity index (χ1v) is 10.2. The van der Waals surface area contributed by atoms with Crippen molar-refractivity contribution in [1.29, 1.82) is 0 Å². The van der Waals surface area contributed by atoms with Crippen molar-refractivity contribution >= 4 is 57.6 Å². The number of rotatable bonds is 5. The van der Waals surface area contributed by atoms with Crippen molar-refractivity contribution in [2.24, 2.45) is 5.73 Å². The van der Waals surface area contributed by atoms with Crippen LogP contribution in [-0.4, -0.2) is 33.9 Å². The zero-order chi connectivity index (χ0) is 23.7. The maximum Gasteiger partial charge on any atom is 0.258 e. The van der Waals surface area contributed by atoms with E-state index in [0.29, 0.717) is 11.2 Å². The molecule has 0 spiro atoms. The van der Waals surface area contributed by atoms with Gasteiger partial charge in [-0.25, -0.2) is 15.0 Å². The zero-order valence-electron chi connectivity index (χ0n) is 17.1. The Morgan fingerprint density at radius 3 is 2.48 bits per heavy atom. The van der Waals surface area contributed by atoms with Crippen LogP contribution in [0.2, 0.25) is 10.0 Å². The minimum Gasteiger partial charge on any atom is -0.495 e. The number of fused-ring (bicyclic) bond motifs is 1. The third-order valence-electron chi connectivity index (χ3n) is 4.78. The molecule has 0 aliphatic carbocycles. The summed E-state index contributed by atoms with van der Waals surface area (Å²) in [6, 6.07) is 11.2. The predicted octanol–water partition coefficient (Wildman–Crippen LogP) is 3.94. The molecule has 0 aliphatic heterocycles. The Morgan fingerprint density at radius 1 is 1.03 bits per heavy atom. The lowest BCUT2D eigenvalue weighted by atomic mass is 10.1. The number of carbonyl (C=O) groups is 2. The number of nitrogens with two attached hydrogens (primary N) is 2. The summed E-state index contributed by atoms with van der Waals surface area (Å²) < 4.78 is 5.34. The van der Waals surface area contributed by atoms with Gasteiger partial charge in [-0.15, -0.1) is 0 Å². The van der Waals surface area contributed by atoms with Gasteiger partial charge in [0.15, 0.2) is 5.82 Å². The van der Waals surface area contributed by atoms with Crippen LogP contribution in [-0.2, 0) is 0 Å². The fraction of sp³-hybridized carbons (Fsp3) is 0.0455. The Bertz CT molecular complexity index is 1410. The highest BCUT2D eigenvalue weighted by molar-refractivity contribution is 6.42. The first-order valence-electron chi connectivity index (χ1n) is 9.46. The molecular formula is C22H16Cl2N6O3. The van der Waals surface area contributed by atoms with E-state index < -0.39 is 11.8 Å². The van der Waals surface area contributed by atoms with Crippen LogP contribution in [0.25, 0.3) is 22.3 Å². The van der Waals surface area contributed by atoms with E-state index >= 15 is 0 Å². The molecule has 0 unspecified atom stereocenters. The van der Waals surface area contributed by atoms with Crippen LogP contribution in [0.15, 0.2) is 48.7 Å². The van der Waals surface area contributed by atoms with Crippen molar-refractivity contribution in [1.82, 2.24) is 15.0 Å². The molecule has 0 fully saturated rings. The summed E-state index contributed by atoms with van der Waals surface area (Å²) in [6.45, 7) is 0. The molecule has 11 heteroatoms. The van der Waals surface area contributed by atoms with Crippen LogP contribution in [0.4, 0.5) is 11.6 Å². The highest BCUT2D eigenvalue weighted by Crippen LogP contribution is 2.42. The number of carbonyl (C=O) groups excluding carboxylic acids is 2. The van der Waals surface area contributed by atoms with Gasteiger partial charge in [0, 0.05) is 11.6 Å². The fourth-order valence-electron chi connectivity index (χ4n) is 3.23. The van der Waals surface area contributed by atoms with Crippen LogP contribution >= 0.6 is 23.2 Å². The van der Waals surface area contributed by atoms with Gasteiger partial charge in [0.2, 0.25) is 0 Å². The number of ether oxygens (including phenoxy) is 1. The van der Waals surface area contributed by atoms with Gasteiger partial charge < -0.3 is 21.5 Å². The van der Waals surface area contributed by atoms with Gasteiger partial charge >= 0.3 is 0 Å². The molecule has 0 saturated carbocycles. The van der Waals surface area contributed by atoms with Crippen molar-refractivity contribution in [3.8, 4) is 17.1 Å². The number of hydrogen-bond donors (Lipinski definition) is 3. The summed E-state index contributed by atoms with van der Waals surface area (Å²) >= 11 is 13.1. The number of aromatic nitrogens is 3. The standard InChI is InChI=1S/C22H16Cl2N6O3/c1-33-13-9-12(22(32)28-14-7-2-3-8-27-14)16(23)15(17(13)24)21-29-18-10(19(25)30-21)5-4-6-11(18)20(26)31/h2-9H,1H3,(H2,26,31)(H2,25,29,30)(H,27,28,32). The topological polar surface area (TPSA) is 146 Å². The van der Waals surface area contributed by atoms with E-state index in [9.17, 15) is 9.59 Å². The molecule has 0 aliphatic rings. The molecule has 2 aromatic carbocycles. The van der Waals surface area contributed by atoms with Crippen LogP contribution in [0, 0.1) is 0 Å². The van der Waals surface area contributed by atoms with Crippen LogP contribution in [0.3, 0.4) is 0 Å². The van der Waals surface area contributed by atoms with E-state index in [1.54, 1.807) is 30.3 Å². The van der Waals surface area contributed by atoms with Crippen molar-refractivity contribution in [3.63, 3.8) is 0 Å². The summed E-state index contributed by atoms with van der Waals surface area (Å²) in [7, 11) is 1.39. The normalized spacial score (nSPS) is 10.8. The molecule has 0 saturated heterocycles. The Labute approximate surface area is 197 Å². The Morgan fingerprint density at radius 2 is 1.82 bits per heavy atom. The number of nitrogens with zero attached hydrogens (tertiary/aromatic N) is 3. The van der Waals surface area contributed by atoms with E-state index in [1.165, 1.54) is 25.4 Å². The van der Waals surface area contributed by atoms with E-state index in [2.05, 4.69) is 20.3 Å². The lowest BCUT2D eigenvalue weighted by molar-refractivity contribution is 0.0998. The Kier molecular flexibility index (Phi) is 5.99. The number of methoxy groups -OCH3 is 1. The number of para-hydroxylation sites is 1. The van der Waals surface area contributed by atoms with Gasteiger partial charge in [0.05, 0.1) is 39.4 Å². The van der Waals surface area contributed by atoms with Gasteiger partial charge in [-0.2, -0.15) is 0 Å². The molecule has 2 aromatic heterocycles. The quantitative estimate of drug-likeness (QED) is 0.390. The van der Waals surface area contributed by atoms with Gasteiger partial charge in [0.25, 0.3) is 11.8 Å². The molecule has 2 amide bonds. The second-order valence-corrected chi connectivity index (χ2v) is 7.55. The average Bonchev–Trinajstić information content (AvgIpc) is 2.79. The maximum atomic E-state index is 13.0. The van der Waals surface area contributed by atoms with E-state index in [-0.39, 0.29) is 49.6 Å². The zero-order valence-corrected chi connectivity index (χ0v) is 18.6. The molecule has 0 radical (unpaired) electrons. The summed E-state index contributed by atoms with van der Waals surface area (Å²) in [5.74, 6) is -0.689. The largest absolute Gasteiger partial charge is 0.495 e. The number of amides is 2. The molecular weight excluding hydrogens is 467 g/mol. The van der Waals surface area contributed by atoms with Crippen molar-refractivity contribution < 1.29 is 14.3 Å². The molecule has 0 atom stereocenters. The molecule has 33 heavy (non-hydrogen) atoms. The van der Waals surface area contributed by atoms with Crippen molar-refractivity contribution in [2.45, 2.75) is 0 Å². The molecule has 2 heterocycles. The van der Waals surface area contributed by atoms with Gasteiger partial charge in [-0.1, -0.05) is 35.3 Å². The molecule has 4 rings (SSSR count). The molecule has 166 valence electrons. The summed E-state index contributed by atoms with van der Waals surface area (Å²) in [4.78, 5) is 37.7. The first-order chi connectivity index (χ1) is 15.8. The predicted molar refractivity (Wildman–Crippen MR) is 127 cm³/mol. The number of pyridine rings is 1. The van der Waals surface area contributed by atoms with Crippen LogP contribution in [0.1, 0.15) is 20.7 Å². The minimum absolute atomic E-state index is 0.00511. The first kappa shape index (κ1) is 22.3. The summed E-state index contributed by atoms with van der Waals surface area (Å²) in [5.41, 5.74) is 12.1.